The topological polar surface area (TPSA) is 102 Å². The number of nitrogens with two attached hydrogens (primary N) is 3. The number of guanidine groups is 1. The Kier molecular flexibility index (Phi) is 426. The monoisotopic (exact) mass is 1190 g/mol. The molecule has 14 heavy (non-hydrogen) atoms. The van der Waals surface area contributed by atoms with Crippen LogP contribution in [-0.4, -0.2) is 40.3 Å². The molecule has 0 aromatic carbocycles. The number of hydrogen-bond donors (Lipinski definition) is 4. The van der Waals surface area contributed by atoms with E-state index in [4.69, 9.17) is 5.41 Å². The maximum Gasteiger partial charge on any atom is 0.183 e. The third-order valence-electron chi connectivity index (χ3n) is 0. The molecule has 0 spiro atoms. The van der Waals surface area contributed by atoms with Gasteiger partial charge in [-0.2, -0.15) is 0 Å². The molecule has 7 N–H and O–H groups in total. The quantitative estimate of drug-likeness (QED) is 0.0841. The first-order valence-corrected chi connectivity index (χ1v) is 1.40. The summed E-state index contributed by atoms with van der Waals surface area (Å²) in [5.74, 6) is -0.333. The average molecular weight is 1190 g/mol. The molecule has 98 valence electrons. The molecule has 0 fully saturated rings. The van der Waals surface area contributed by atoms with Gasteiger partial charge in [0.15, 0.2) is 5.96 Å². The minimum Gasteiger partial charge on any atom is -1.00 e. The summed E-state index contributed by atoms with van der Waals surface area (Å²) in [5, 5.41) is 6.06. The van der Waals surface area contributed by atoms with Crippen LogP contribution in [0, 0.1) is 5.41 Å². The Morgan fingerprint density at radius 3 is 0.786 bits per heavy atom. The summed E-state index contributed by atoms with van der Waals surface area (Å²) in [6, 6.07) is 0. The van der Waals surface area contributed by atoms with Crippen LogP contribution in [0.3, 0.4) is 0 Å². The Labute approximate surface area is 225 Å². The zero-order valence-corrected chi connectivity index (χ0v) is 26.5. The summed E-state index contributed by atoms with van der Waals surface area (Å²) in [6.45, 7) is 0. The van der Waals surface area contributed by atoms with Crippen molar-refractivity contribution in [3.05, 3.63) is 0 Å². The van der Waals surface area contributed by atoms with Crippen molar-refractivity contribution in [2.24, 2.45) is 17.2 Å². The van der Waals surface area contributed by atoms with E-state index in [-0.39, 0.29) is 201 Å². The van der Waals surface area contributed by atoms with Crippen molar-refractivity contribution in [3.8, 4) is 0 Å². The van der Waals surface area contributed by atoms with E-state index in [1.165, 1.54) is 7.05 Å². The van der Waals surface area contributed by atoms with Crippen molar-refractivity contribution in [3.63, 3.8) is 0 Å². The average Bonchev–Trinajstić information content (AvgIpc) is 1.41. The Balaban J connectivity index is -0.00000000192. The maximum absolute atomic E-state index is 6.06. The van der Waals surface area contributed by atoms with Crippen LogP contribution < -0.4 is 113 Å². The molecule has 0 amide bonds. The van der Waals surface area contributed by atoms with Gasteiger partial charge in [-0.15, -0.1) is 71.9 Å². The molecule has 0 aromatic heterocycles. The van der Waals surface area contributed by atoms with Crippen LogP contribution in [0.1, 0.15) is 0 Å². The summed E-state index contributed by atoms with van der Waals surface area (Å²) < 4.78 is 0. The van der Waals surface area contributed by atoms with Crippen LogP contribution >= 0.6 is 71.9 Å². The van der Waals surface area contributed by atoms with E-state index < -0.39 is 0 Å². The minimum atomic E-state index is -0.333. The van der Waals surface area contributed by atoms with E-state index in [1.807, 2.05) is 0 Å². The fourth-order valence-electron chi connectivity index (χ4n) is 0. The predicted molar refractivity (Wildman–Crippen MR) is 78.2 cm³/mol. The molecule has 0 atom stereocenters. The SMILES string of the molecule is CN.I.I.I.N=C(N)N.[I-].[I-].[I-].[I-].[Pb]. The van der Waals surface area contributed by atoms with Crippen molar-refractivity contribution < 1.29 is 95.9 Å². The van der Waals surface area contributed by atoms with Crippen molar-refractivity contribution in [1.29, 1.82) is 5.41 Å². The smallest absolute Gasteiger partial charge is 0.183 e. The second-order valence-electron chi connectivity index (χ2n) is 0.455. The third-order valence-corrected chi connectivity index (χ3v) is 0. The van der Waals surface area contributed by atoms with Gasteiger partial charge in [-0.05, 0) is 7.05 Å². The molecule has 4 radical (unpaired) electrons. The molecule has 0 bridgehead atoms. The molecule has 0 unspecified atom stereocenters. The standard InChI is InChI=1S/CH5N3.CH5N.7HI.Pb/c2-1(3)4;1-2;;;;;;;;/h(H5,2,3,4);2H2,1H3;7*1H;/p-4. The van der Waals surface area contributed by atoms with Crippen molar-refractivity contribution in [2.75, 3.05) is 7.05 Å². The molecule has 12 heteroatoms. The second kappa shape index (κ2) is 79.7. The van der Waals surface area contributed by atoms with Crippen LogP contribution in [-0.2, 0) is 0 Å². The van der Waals surface area contributed by atoms with Gasteiger partial charge in [0.25, 0.3) is 0 Å². The van der Waals surface area contributed by atoms with Crippen LogP contribution in [0.15, 0.2) is 0 Å². The van der Waals surface area contributed by atoms with Gasteiger partial charge in [-0.1, -0.05) is 0 Å². The first-order valence-electron chi connectivity index (χ1n) is 1.40. The summed E-state index contributed by atoms with van der Waals surface area (Å²) in [6.07, 6.45) is 0. The van der Waals surface area contributed by atoms with Gasteiger partial charge in [0.1, 0.15) is 0 Å². The maximum atomic E-state index is 6.06. The van der Waals surface area contributed by atoms with E-state index in [1.54, 1.807) is 0 Å². The number of hydrogen-bond acceptors (Lipinski definition) is 2. The van der Waals surface area contributed by atoms with Gasteiger partial charge >= 0.3 is 0 Å². The molecule has 0 rings (SSSR count). The van der Waals surface area contributed by atoms with E-state index >= 15 is 0 Å². The third kappa shape index (κ3) is 165. The largest absolute Gasteiger partial charge is 1.00 e. The fraction of sp³-hybridized carbons (Fsp3) is 0.500. The minimum absolute atomic E-state index is 0. The van der Waals surface area contributed by atoms with Gasteiger partial charge in [-0.3, -0.25) is 5.41 Å². The van der Waals surface area contributed by atoms with Crippen LogP contribution in [0.25, 0.3) is 0 Å². The molecule has 0 saturated carbocycles. The van der Waals surface area contributed by atoms with Crippen molar-refractivity contribution in [2.45, 2.75) is 0 Å². The Morgan fingerprint density at radius 2 is 0.786 bits per heavy atom. The summed E-state index contributed by atoms with van der Waals surface area (Å²) in [5.41, 5.74) is 13.4. The van der Waals surface area contributed by atoms with Crippen LogP contribution in [0.4, 0.5) is 0 Å². The molecule has 4 nitrogen and oxygen atoms in total. The van der Waals surface area contributed by atoms with Gasteiger partial charge in [-0.25, -0.2) is 0 Å². The van der Waals surface area contributed by atoms with Gasteiger partial charge in [0, 0.05) is 27.3 Å². The molecule has 0 aromatic rings. The number of nitrogens with one attached hydrogen (secondary N) is 1. The molecule has 0 aliphatic carbocycles. The first-order chi connectivity index (χ1) is 2.73. The molecular weight excluding hydrogens is 1180 g/mol. The Bertz CT molecular complexity index is 46.7. The molecular formula is C2H13I7N4Pb-4. The normalized spacial score (nSPS) is 2.14. The van der Waals surface area contributed by atoms with Crippen molar-refractivity contribution in [1.82, 2.24) is 0 Å². The van der Waals surface area contributed by atoms with Gasteiger partial charge in [0.2, 0.25) is 0 Å². The summed E-state index contributed by atoms with van der Waals surface area (Å²) in [7, 11) is 1.50. The summed E-state index contributed by atoms with van der Waals surface area (Å²) >= 11 is 0. The van der Waals surface area contributed by atoms with Gasteiger partial charge in [0.05, 0.1) is 0 Å². The second-order valence-corrected chi connectivity index (χ2v) is 0.455. The van der Waals surface area contributed by atoms with Crippen LogP contribution in [0.2, 0.25) is 0 Å². The van der Waals surface area contributed by atoms with Crippen molar-refractivity contribution >= 4 is 105 Å². The van der Waals surface area contributed by atoms with Crippen LogP contribution in [0.5, 0.6) is 0 Å². The molecule has 0 saturated heterocycles. The number of halogens is 7. The van der Waals surface area contributed by atoms with Gasteiger partial charge < -0.3 is 113 Å². The van der Waals surface area contributed by atoms with E-state index in [0.717, 1.165) is 0 Å². The Morgan fingerprint density at radius 1 is 0.786 bits per heavy atom. The number of rotatable bonds is 0. The Hall–Kier alpha value is 5.26. The zero-order chi connectivity index (χ0) is 5.58. The fourth-order valence-corrected chi connectivity index (χ4v) is 0. The first kappa shape index (κ1) is 74.9. The van der Waals surface area contributed by atoms with E-state index in [0.29, 0.717) is 0 Å². The molecule has 0 heterocycles. The predicted octanol–water partition coefficient (Wildman–Crippen LogP) is -12.1. The zero-order valence-electron chi connectivity index (χ0n) is 6.97. The van der Waals surface area contributed by atoms with E-state index in [9.17, 15) is 0 Å². The summed E-state index contributed by atoms with van der Waals surface area (Å²) in [4.78, 5) is 0. The molecule has 0 aliphatic rings. The molecule has 0 aliphatic heterocycles. The van der Waals surface area contributed by atoms with E-state index in [2.05, 4.69) is 17.2 Å².